The van der Waals surface area contributed by atoms with Crippen molar-refractivity contribution in [1.82, 2.24) is 0 Å². The third kappa shape index (κ3) is 1.84. The molecule has 2 aromatic rings. The predicted octanol–water partition coefficient (Wildman–Crippen LogP) is 2.67. The molecule has 3 heteroatoms. The molecule has 0 saturated heterocycles. The van der Waals surface area contributed by atoms with E-state index in [4.69, 9.17) is 0 Å². The second-order valence-electron chi connectivity index (χ2n) is 3.52. The van der Waals surface area contributed by atoms with E-state index in [1.807, 2.05) is 37.4 Å². The van der Waals surface area contributed by atoms with Crippen molar-refractivity contribution in [3.8, 4) is 0 Å². The van der Waals surface area contributed by atoms with Crippen LogP contribution in [0.3, 0.4) is 0 Å². The van der Waals surface area contributed by atoms with Gasteiger partial charge in [0.05, 0.1) is 12.7 Å². The van der Waals surface area contributed by atoms with Gasteiger partial charge < -0.3 is 10.1 Å². The number of benzene rings is 2. The minimum atomic E-state index is -0.306. The molecular weight excluding hydrogens is 202 g/mol. The average Bonchev–Trinajstić information content (AvgIpc) is 2.36. The van der Waals surface area contributed by atoms with Gasteiger partial charge in [0.2, 0.25) is 0 Å². The van der Waals surface area contributed by atoms with Crippen LogP contribution in [0.25, 0.3) is 10.8 Å². The van der Waals surface area contributed by atoms with Crippen LogP contribution < -0.4 is 5.32 Å². The number of esters is 1. The van der Waals surface area contributed by atoms with E-state index in [1.54, 1.807) is 6.07 Å². The van der Waals surface area contributed by atoms with Gasteiger partial charge in [-0.25, -0.2) is 4.79 Å². The van der Waals surface area contributed by atoms with Gasteiger partial charge in [0, 0.05) is 12.7 Å². The van der Waals surface area contributed by atoms with Gasteiger partial charge in [0.1, 0.15) is 0 Å². The second-order valence-corrected chi connectivity index (χ2v) is 3.52. The Balaban J connectivity index is 2.51. The lowest BCUT2D eigenvalue weighted by atomic mass is 10.1. The molecule has 2 rings (SSSR count). The number of fused-ring (bicyclic) bond motifs is 1. The molecule has 0 spiro atoms. The molecule has 0 aliphatic heterocycles. The Bertz CT molecular complexity index is 534. The van der Waals surface area contributed by atoms with Gasteiger partial charge in [0.25, 0.3) is 0 Å². The van der Waals surface area contributed by atoms with E-state index in [-0.39, 0.29) is 5.97 Å². The number of ether oxygens (including phenoxy) is 1. The lowest BCUT2D eigenvalue weighted by Gasteiger charge is -2.04. The molecule has 3 nitrogen and oxygen atoms in total. The van der Waals surface area contributed by atoms with Crippen molar-refractivity contribution in [2.24, 2.45) is 0 Å². The van der Waals surface area contributed by atoms with E-state index >= 15 is 0 Å². The van der Waals surface area contributed by atoms with Gasteiger partial charge in [-0.15, -0.1) is 0 Å². The average molecular weight is 215 g/mol. The molecule has 2 aromatic carbocycles. The zero-order valence-corrected chi connectivity index (χ0v) is 9.28. The van der Waals surface area contributed by atoms with Crippen LogP contribution in [-0.2, 0) is 4.74 Å². The van der Waals surface area contributed by atoms with Gasteiger partial charge >= 0.3 is 5.97 Å². The summed E-state index contributed by atoms with van der Waals surface area (Å²) in [4.78, 5) is 11.3. The number of hydrogen-bond donors (Lipinski definition) is 1. The number of carbonyl (C=O) groups is 1. The summed E-state index contributed by atoms with van der Waals surface area (Å²) < 4.78 is 4.68. The zero-order chi connectivity index (χ0) is 11.5. The third-order valence-corrected chi connectivity index (χ3v) is 2.55. The Morgan fingerprint density at radius 2 is 1.81 bits per heavy atom. The van der Waals surface area contributed by atoms with Crippen LogP contribution in [0.1, 0.15) is 10.4 Å². The second kappa shape index (κ2) is 4.23. The molecule has 0 aliphatic carbocycles. The van der Waals surface area contributed by atoms with E-state index in [0.29, 0.717) is 5.56 Å². The monoisotopic (exact) mass is 215 g/mol. The number of methoxy groups -OCH3 is 1. The lowest BCUT2D eigenvalue weighted by molar-refractivity contribution is 0.0601. The molecule has 0 aromatic heterocycles. The molecule has 0 atom stereocenters. The van der Waals surface area contributed by atoms with Crippen LogP contribution >= 0.6 is 0 Å². The van der Waals surface area contributed by atoms with E-state index in [0.717, 1.165) is 16.5 Å². The Morgan fingerprint density at radius 3 is 2.50 bits per heavy atom. The molecule has 0 saturated carbocycles. The largest absolute Gasteiger partial charge is 0.465 e. The van der Waals surface area contributed by atoms with Gasteiger partial charge in [0.15, 0.2) is 0 Å². The standard InChI is InChI=1S/C13H13NO2/c1-14-12-6-5-9-7-11(13(15)16-2)4-3-10(9)8-12/h3-8,14H,1-2H3. The summed E-state index contributed by atoms with van der Waals surface area (Å²) in [5.41, 5.74) is 1.63. The van der Waals surface area contributed by atoms with Gasteiger partial charge in [-0.3, -0.25) is 0 Å². The highest BCUT2D eigenvalue weighted by atomic mass is 16.5. The maximum atomic E-state index is 11.3. The summed E-state index contributed by atoms with van der Waals surface area (Å²) in [5.74, 6) is -0.306. The smallest absolute Gasteiger partial charge is 0.337 e. The fraction of sp³-hybridized carbons (Fsp3) is 0.154. The fourth-order valence-electron chi connectivity index (χ4n) is 1.65. The number of anilines is 1. The van der Waals surface area contributed by atoms with Gasteiger partial charge in [-0.1, -0.05) is 12.1 Å². The molecule has 82 valence electrons. The number of rotatable bonds is 2. The van der Waals surface area contributed by atoms with Crippen molar-refractivity contribution in [3.05, 3.63) is 42.0 Å². The van der Waals surface area contributed by atoms with Crippen molar-refractivity contribution in [2.75, 3.05) is 19.5 Å². The zero-order valence-electron chi connectivity index (χ0n) is 9.28. The molecule has 0 fully saturated rings. The summed E-state index contributed by atoms with van der Waals surface area (Å²) in [6.07, 6.45) is 0. The fourth-order valence-corrected chi connectivity index (χ4v) is 1.65. The highest BCUT2D eigenvalue weighted by molar-refractivity contribution is 5.96. The highest BCUT2D eigenvalue weighted by Gasteiger charge is 2.05. The Morgan fingerprint density at radius 1 is 1.12 bits per heavy atom. The summed E-state index contributed by atoms with van der Waals surface area (Å²) in [6, 6.07) is 11.5. The van der Waals surface area contributed by atoms with Crippen LogP contribution in [0.15, 0.2) is 36.4 Å². The summed E-state index contributed by atoms with van der Waals surface area (Å²) in [7, 11) is 3.26. The van der Waals surface area contributed by atoms with Crippen LogP contribution in [0.5, 0.6) is 0 Å². The van der Waals surface area contributed by atoms with Crippen molar-refractivity contribution in [1.29, 1.82) is 0 Å². The first-order valence-electron chi connectivity index (χ1n) is 5.04. The molecule has 0 unspecified atom stereocenters. The maximum absolute atomic E-state index is 11.3. The normalized spacial score (nSPS) is 10.1. The molecule has 0 radical (unpaired) electrons. The number of hydrogen-bond acceptors (Lipinski definition) is 3. The van der Waals surface area contributed by atoms with Gasteiger partial charge in [-0.2, -0.15) is 0 Å². The molecule has 1 N–H and O–H groups in total. The first kappa shape index (κ1) is 10.5. The molecule has 16 heavy (non-hydrogen) atoms. The highest BCUT2D eigenvalue weighted by Crippen LogP contribution is 2.20. The van der Waals surface area contributed by atoms with E-state index < -0.39 is 0 Å². The minimum Gasteiger partial charge on any atom is -0.465 e. The van der Waals surface area contributed by atoms with Crippen LogP contribution in [0, 0.1) is 0 Å². The number of nitrogens with one attached hydrogen (secondary N) is 1. The Labute approximate surface area is 94.0 Å². The van der Waals surface area contributed by atoms with Crippen molar-refractivity contribution >= 4 is 22.4 Å². The molecule has 0 heterocycles. The van der Waals surface area contributed by atoms with Crippen LogP contribution in [0.4, 0.5) is 5.69 Å². The summed E-state index contributed by atoms with van der Waals surface area (Å²) in [5, 5.41) is 5.20. The molecule has 0 aliphatic rings. The Kier molecular flexibility index (Phi) is 2.77. The lowest BCUT2D eigenvalue weighted by Crippen LogP contribution is -2.00. The first-order chi connectivity index (χ1) is 7.74. The maximum Gasteiger partial charge on any atom is 0.337 e. The van der Waals surface area contributed by atoms with E-state index in [2.05, 4.69) is 10.1 Å². The van der Waals surface area contributed by atoms with E-state index in [1.165, 1.54) is 7.11 Å². The van der Waals surface area contributed by atoms with E-state index in [9.17, 15) is 4.79 Å². The summed E-state index contributed by atoms with van der Waals surface area (Å²) in [6.45, 7) is 0. The molecular formula is C13H13NO2. The quantitative estimate of drug-likeness (QED) is 0.783. The topological polar surface area (TPSA) is 38.3 Å². The SMILES string of the molecule is CNc1ccc2cc(C(=O)OC)ccc2c1. The van der Waals surface area contributed by atoms with Crippen LogP contribution in [0.2, 0.25) is 0 Å². The van der Waals surface area contributed by atoms with Crippen molar-refractivity contribution in [2.45, 2.75) is 0 Å². The molecule has 0 amide bonds. The predicted molar refractivity (Wildman–Crippen MR) is 64.8 cm³/mol. The van der Waals surface area contributed by atoms with Crippen molar-refractivity contribution in [3.63, 3.8) is 0 Å². The van der Waals surface area contributed by atoms with Gasteiger partial charge in [-0.05, 0) is 35.0 Å². The minimum absolute atomic E-state index is 0.306. The molecule has 0 bridgehead atoms. The Hall–Kier alpha value is -2.03. The van der Waals surface area contributed by atoms with Crippen LogP contribution in [-0.4, -0.2) is 20.1 Å². The van der Waals surface area contributed by atoms with Crippen molar-refractivity contribution < 1.29 is 9.53 Å². The number of carbonyl (C=O) groups excluding carboxylic acids is 1. The summed E-state index contributed by atoms with van der Waals surface area (Å²) >= 11 is 0. The third-order valence-electron chi connectivity index (χ3n) is 2.55. The first-order valence-corrected chi connectivity index (χ1v) is 5.04.